The Kier molecular flexibility index (Phi) is 6.80. The molecule has 2 atom stereocenters. The lowest BCUT2D eigenvalue weighted by Crippen LogP contribution is -2.48. The summed E-state index contributed by atoms with van der Waals surface area (Å²) in [5.41, 5.74) is -4.58. The first kappa shape index (κ1) is 23.3. The Balaban J connectivity index is 1.61. The van der Waals surface area contributed by atoms with Gasteiger partial charge in [0.15, 0.2) is 0 Å². The quantitative estimate of drug-likeness (QED) is 0.573. The number of aliphatic hydroxyl groups is 1. The van der Waals surface area contributed by atoms with E-state index >= 15 is 0 Å². The van der Waals surface area contributed by atoms with Crippen molar-refractivity contribution in [3.05, 3.63) is 59.7 Å². The predicted octanol–water partition coefficient (Wildman–Crippen LogP) is 4.40. The first-order chi connectivity index (χ1) is 14.5. The molecular formula is C21H20F5NO3S. The molecular weight excluding hydrogens is 441 g/mol. The summed E-state index contributed by atoms with van der Waals surface area (Å²) in [6, 6.07) is 10.1. The number of rotatable bonds is 8. The molecule has 0 radical (unpaired) electrons. The molecule has 3 rings (SSSR count). The lowest BCUT2D eigenvalue weighted by Gasteiger charge is -2.30. The van der Waals surface area contributed by atoms with E-state index in [4.69, 9.17) is 0 Å². The number of amides is 1. The molecule has 31 heavy (non-hydrogen) atoms. The fourth-order valence-electron chi connectivity index (χ4n) is 2.97. The molecule has 0 spiro atoms. The van der Waals surface area contributed by atoms with Gasteiger partial charge in [-0.15, -0.1) is 0 Å². The molecule has 10 heteroatoms. The van der Waals surface area contributed by atoms with Crippen LogP contribution in [0.15, 0.2) is 53.4 Å². The number of halogens is 5. The first-order valence-corrected chi connectivity index (χ1v) is 10.8. The highest BCUT2D eigenvalue weighted by molar-refractivity contribution is 7.85. The zero-order chi connectivity index (χ0) is 22.8. The van der Waals surface area contributed by atoms with Gasteiger partial charge in [-0.3, -0.25) is 9.00 Å². The molecule has 2 N–H and O–H groups in total. The highest BCUT2D eigenvalue weighted by Gasteiger charge is 2.61. The minimum atomic E-state index is -5.57. The number of carbonyl (C=O) groups excluding carboxylic acids is 1. The third-order valence-electron chi connectivity index (χ3n) is 4.99. The standard InChI is InChI=1S/C21H20F5NO3S/c22-19(23)20(29,21(24,25)26)15-5-7-16(8-6-15)27-18(28)11-13-3-9-17(10-4-13)31(30)12-14-1-2-14/h3-10,14,19,29H,1-2,11-12H2,(H,27,28)/t20-,31+/m1/s1. The van der Waals surface area contributed by atoms with Gasteiger partial charge in [-0.2, -0.15) is 13.2 Å². The number of alkyl halides is 5. The average molecular weight is 461 g/mol. The third kappa shape index (κ3) is 5.48. The minimum absolute atomic E-state index is 0.0409. The van der Waals surface area contributed by atoms with Crippen molar-refractivity contribution in [1.29, 1.82) is 0 Å². The summed E-state index contributed by atoms with van der Waals surface area (Å²) in [5, 5.41) is 12.0. The third-order valence-corrected chi connectivity index (χ3v) is 6.56. The van der Waals surface area contributed by atoms with E-state index in [1.165, 1.54) is 0 Å². The molecule has 0 aliphatic heterocycles. The lowest BCUT2D eigenvalue weighted by molar-refractivity contribution is -0.305. The van der Waals surface area contributed by atoms with Crippen molar-refractivity contribution >= 4 is 22.4 Å². The van der Waals surface area contributed by atoms with Crippen molar-refractivity contribution < 1.29 is 36.1 Å². The van der Waals surface area contributed by atoms with Gasteiger partial charge in [0.25, 0.3) is 6.43 Å². The van der Waals surface area contributed by atoms with Crippen molar-refractivity contribution in [2.24, 2.45) is 5.92 Å². The van der Waals surface area contributed by atoms with Gasteiger partial charge in [0.2, 0.25) is 11.5 Å². The summed E-state index contributed by atoms with van der Waals surface area (Å²) < 4.78 is 76.7. The van der Waals surface area contributed by atoms with Crippen LogP contribution >= 0.6 is 0 Å². The van der Waals surface area contributed by atoms with Gasteiger partial charge in [0.1, 0.15) is 0 Å². The van der Waals surface area contributed by atoms with Gasteiger partial charge in [-0.25, -0.2) is 8.78 Å². The molecule has 1 amide bonds. The zero-order valence-corrected chi connectivity index (χ0v) is 17.0. The maximum absolute atomic E-state index is 12.9. The van der Waals surface area contributed by atoms with Crippen LogP contribution in [0.1, 0.15) is 24.0 Å². The van der Waals surface area contributed by atoms with E-state index in [9.17, 15) is 36.1 Å². The summed E-state index contributed by atoms with van der Waals surface area (Å²) in [7, 11) is -1.08. The molecule has 2 aromatic carbocycles. The van der Waals surface area contributed by atoms with Crippen molar-refractivity contribution in [2.45, 2.75) is 42.4 Å². The molecule has 1 aliphatic rings. The van der Waals surface area contributed by atoms with E-state index in [0.717, 1.165) is 25.0 Å². The Morgan fingerprint density at radius 2 is 1.65 bits per heavy atom. The molecule has 0 heterocycles. The van der Waals surface area contributed by atoms with E-state index in [1.807, 2.05) is 0 Å². The maximum atomic E-state index is 12.9. The maximum Gasteiger partial charge on any atom is 0.427 e. The Labute approximate surface area is 177 Å². The van der Waals surface area contributed by atoms with Crippen molar-refractivity contribution in [3.8, 4) is 0 Å². The Bertz CT molecular complexity index is 943. The molecule has 0 unspecified atom stereocenters. The second-order valence-corrected chi connectivity index (χ2v) is 8.96. The molecule has 1 aliphatic carbocycles. The van der Waals surface area contributed by atoms with Gasteiger partial charge >= 0.3 is 6.18 Å². The summed E-state index contributed by atoms with van der Waals surface area (Å²) in [6.45, 7) is 0. The molecule has 168 valence electrons. The van der Waals surface area contributed by atoms with Crippen molar-refractivity contribution in [3.63, 3.8) is 0 Å². The van der Waals surface area contributed by atoms with Crippen LogP contribution in [0.3, 0.4) is 0 Å². The van der Waals surface area contributed by atoms with Crippen LogP contribution in [-0.4, -0.2) is 33.6 Å². The fourth-order valence-corrected chi connectivity index (χ4v) is 4.36. The van der Waals surface area contributed by atoms with Crippen molar-refractivity contribution in [1.82, 2.24) is 0 Å². The first-order valence-electron chi connectivity index (χ1n) is 9.45. The number of anilines is 1. The van der Waals surface area contributed by atoms with Crippen LogP contribution in [0.5, 0.6) is 0 Å². The van der Waals surface area contributed by atoms with E-state index < -0.39 is 40.5 Å². The molecule has 0 aromatic heterocycles. The van der Waals surface area contributed by atoms with Gasteiger partial charge < -0.3 is 10.4 Å². The highest BCUT2D eigenvalue weighted by atomic mass is 32.2. The monoisotopic (exact) mass is 461 g/mol. The van der Waals surface area contributed by atoms with Crippen LogP contribution in [0, 0.1) is 5.92 Å². The van der Waals surface area contributed by atoms with Gasteiger partial charge in [0.05, 0.1) is 17.2 Å². The van der Waals surface area contributed by atoms with Crippen LogP contribution < -0.4 is 5.32 Å². The molecule has 0 saturated heterocycles. The highest BCUT2D eigenvalue weighted by Crippen LogP contribution is 2.43. The summed E-state index contributed by atoms with van der Waals surface area (Å²) >= 11 is 0. The van der Waals surface area contributed by atoms with E-state index in [-0.39, 0.29) is 12.1 Å². The molecule has 1 fully saturated rings. The van der Waals surface area contributed by atoms with E-state index in [1.54, 1.807) is 24.3 Å². The fraction of sp³-hybridized carbons (Fsp3) is 0.381. The second-order valence-electron chi connectivity index (χ2n) is 7.47. The zero-order valence-electron chi connectivity index (χ0n) is 16.2. The van der Waals surface area contributed by atoms with Gasteiger partial charge in [-0.05, 0) is 54.2 Å². The van der Waals surface area contributed by atoms with Crippen LogP contribution in [0.4, 0.5) is 27.6 Å². The molecule has 4 nitrogen and oxygen atoms in total. The normalized spacial score (nSPS) is 17.3. The molecule has 1 saturated carbocycles. The minimum Gasteiger partial charge on any atom is -0.372 e. The second kappa shape index (κ2) is 9.04. The average Bonchev–Trinajstić information content (AvgIpc) is 3.51. The van der Waals surface area contributed by atoms with Gasteiger partial charge in [0, 0.05) is 16.3 Å². The number of carbonyl (C=O) groups is 1. The molecule has 2 aromatic rings. The Hall–Kier alpha value is -2.33. The Morgan fingerprint density at radius 3 is 2.13 bits per heavy atom. The van der Waals surface area contributed by atoms with Crippen molar-refractivity contribution in [2.75, 3.05) is 11.1 Å². The van der Waals surface area contributed by atoms with Crippen LogP contribution in [0.2, 0.25) is 0 Å². The number of nitrogens with one attached hydrogen (secondary N) is 1. The van der Waals surface area contributed by atoms with Gasteiger partial charge in [-0.1, -0.05) is 24.3 Å². The Morgan fingerprint density at radius 1 is 1.06 bits per heavy atom. The number of hydrogen-bond acceptors (Lipinski definition) is 3. The van der Waals surface area contributed by atoms with E-state index in [0.29, 0.717) is 34.3 Å². The summed E-state index contributed by atoms with van der Waals surface area (Å²) in [6.07, 6.45) is -7.48. The molecule has 0 bridgehead atoms. The predicted molar refractivity (Wildman–Crippen MR) is 105 cm³/mol. The van der Waals surface area contributed by atoms with E-state index in [2.05, 4.69) is 5.32 Å². The largest absolute Gasteiger partial charge is 0.427 e. The number of benzene rings is 2. The summed E-state index contributed by atoms with van der Waals surface area (Å²) in [4.78, 5) is 12.9. The summed E-state index contributed by atoms with van der Waals surface area (Å²) in [5.74, 6) is 0.676. The SMILES string of the molecule is O=C(Cc1ccc([S@@](=O)CC2CC2)cc1)Nc1ccc([C@@](O)(C(F)F)C(F)(F)F)cc1. The lowest BCUT2D eigenvalue weighted by atomic mass is 9.93. The topological polar surface area (TPSA) is 66.4 Å². The van der Waals surface area contributed by atoms with Crippen LogP contribution in [-0.2, 0) is 27.6 Å². The van der Waals surface area contributed by atoms with Crippen LogP contribution in [0.25, 0.3) is 0 Å². The smallest absolute Gasteiger partial charge is 0.372 e. The number of hydrogen-bond donors (Lipinski definition) is 2.